The zero-order valence-electron chi connectivity index (χ0n) is 11.8. The van der Waals surface area contributed by atoms with Crippen LogP contribution < -0.4 is 11.3 Å². The first-order valence-electron chi connectivity index (χ1n) is 7.33. The lowest BCUT2D eigenvalue weighted by molar-refractivity contribution is 0.686. The summed E-state index contributed by atoms with van der Waals surface area (Å²) in [6.07, 6.45) is 5.75. The van der Waals surface area contributed by atoms with Crippen molar-refractivity contribution >= 4 is 21.7 Å². The Balaban J connectivity index is 1.86. The van der Waals surface area contributed by atoms with Gasteiger partial charge in [-0.2, -0.15) is 0 Å². The predicted octanol–water partition coefficient (Wildman–Crippen LogP) is 3.77. The monoisotopic (exact) mass is 346 g/mol. The highest BCUT2D eigenvalue weighted by Crippen LogP contribution is 2.33. The molecule has 21 heavy (non-hydrogen) atoms. The van der Waals surface area contributed by atoms with Gasteiger partial charge in [-0.1, -0.05) is 40.9 Å². The summed E-state index contributed by atoms with van der Waals surface area (Å²) in [4.78, 5) is 9.24. The van der Waals surface area contributed by atoms with Crippen LogP contribution in [0.1, 0.15) is 48.7 Å². The van der Waals surface area contributed by atoms with Crippen LogP contribution in [0.4, 0.5) is 5.82 Å². The summed E-state index contributed by atoms with van der Waals surface area (Å²) in [7, 11) is 0. The zero-order valence-corrected chi connectivity index (χ0v) is 13.4. The number of halogens is 1. The number of anilines is 1. The van der Waals surface area contributed by atoms with Crippen molar-refractivity contribution in [2.24, 2.45) is 5.84 Å². The zero-order chi connectivity index (χ0) is 14.7. The highest BCUT2D eigenvalue weighted by Gasteiger charge is 2.20. The van der Waals surface area contributed by atoms with Crippen molar-refractivity contribution in [2.75, 3.05) is 5.43 Å². The number of rotatable bonds is 4. The standard InChI is InChI=1S/C16H19BrN4/c17-13-7-5-11(6-8-13)9-15-19-14(10-16(20-15)21-18)12-3-1-2-4-12/h5-8,10,12H,1-4,9,18H2,(H,19,20,21). The van der Waals surface area contributed by atoms with Gasteiger partial charge in [0.05, 0.1) is 0 Å². The number of hydrazine groups is 1. The van der Waals surface area contributed by atoms with Crippen molar-refractivity contribution in [1.29, 1.82) is 0 Å². The molecule has 1 heterocycles. The van der Waals surface area contributed by atoms with E-state index in [1.807, 2.05) is 18.2 Å². The van der Waals surface area contributed by atoms with Gasteiger partial charge in [0.2, 0.25) is 0 Å². The lowest BCUT2D eigenvalue weighted by Crippen LogP contribution is -2.13. The number of hydrogen-bond acceptors (Lipinski definition) is 4. The van der Waals surface area contributed by atoms with Gasteiger partial charge in [0.1, 0.15) is 11.6 Å². The van der Waals surface area contributed by atoms with E-state index in [1.165, 1.54) is 31.2 Å². The van der Waals surface area contributed by atoms with Crippen LogP contribution in [0.15, 0.2) is 34.8 Å². The normalized spacial score (nSPS) is 15.3. The van der Waals surface area contributed by atoms with Crippen molar-refractivity contribution in [1.82, 2.24) is 9.97 Å². The summed E-state index contributed by atoms with van der Waals surface area (Å²) in [5.41, 5.74) is 4.99. The van der Waals surface area contributed by atoms with E-state index in [4.69, 9.17) is 10.8 Å². The molecule has 5 heteroatoms. The summed E-state index contributed by atoms with van der Waals surface area (Å²) >= 11 is 3.45. The van der Waals surface area contributed by atoms with E-state index in [0.717, 1.165) is 22.4 Å². The summed E-state index contributed by atoms with van der Waals surface area (Å²) in [5.74, 6) is 7.65. The number of nitrogens with one attached hydrogen (secondary N) is 1. The van der Waals surface area contributed by atoms with Crippen LogP contribution in [0.2, 0.25) is 0 Å². The van der Waals surface area contributed by atoms with E-state index < -0.39 is 0 Å². The fraction of sp³-hybridized carbons (Fsp3) is 0.375. The minimum atomic E-state index is 0.559. The molecular weight excluding hydrogens is 328 g/mol. The minimum Gasteiger partial charge on any atom is -0.308 e. The molecule has 0 saturated heterocycles. The average Bonchev–Trinajstić information content (AvgIpc) is 3.04. The molecule has 2 aromatic rings. The van der Waals surface area contributed by atoms with Crippen molar-refractivity contribution < 1.29 is 0 Å². The molecule has 0 radical (unpaired) electrons. The molecule has 0 atom stereocenters. The van der Waals surface area contributed by atoms with Crippen LogP contribution >= 0.6 is 15.9 Å². The maximum absolute atomic E-state index is 5.55. The van der Waals surface area contributed by atoms with Gasteiger partial charge in [-0.15, -0.1) is 0 Å². The van der Waals surface area contributed by atoms with Crippen LogP contribution in [0.25, 0.3) is 0 Å². The third-order valence-electron chi connectivity index (χ3n) is 3.99. The van der Waals surface area contributed by atoms with E-state index in [0.29, 0.717) is 11.7 Å². The van der Waals surface area contributed by atoms with Crippen LogP contribution in [0.3, 0.4) is 0 Å². The van der Waals surface area contributed by atoms with E-state index in [1.54, 1.807) is 0 Å². The quantitative estimate of drug-likeness (QED) is 0.653. The molecule has 0 spiro atoms. The number of nitrogen functional groups attached to an aromatic ring is 1. The molecule has 1 aromatic carbocycles. The maximum atomic E-state index is 5.55. The van der Waals surface area contributed by atoms with Crippen molar-refractivity contribution in [3.8, 4) is 0 Å². The Morgan fingerprint density at radius 3 is 2.52 bits per heavy atom. The molecular formula is C16H19BrN4. The molecule has 1 aliphatic rings. The molecule has 4 nitrogen and oxygen atoms in total. The lowest BCUT2D eigenvalue weighted by atomic mass is 10.0. The lowest BCUT2D eigenvalue weighted by Gasteiger charge is -2.12. The molecule has 0 aliphatic heterocycles. The van der Waals surface area contributed by atoms with Crippen molar-refractivity contribution in [3.63, 3.8) is 0 Å². The van der Waals surface area contributed by atoms with Gasteiger partial charge >= 0.3 is 0 Å². The molecule has 0 unspecified atom stereocenters. The Morgan fingerprint density at radius 2 is 1.86 bits per heavy atom. The molecule has 1 aliphatic carbocycles. The highest BCUT2D eigenvalue weighted by molar-refractivity contribution is 9.10. The Bertz CT molecular complexity index is 606. The molecule has 0 bridgehead atoms. The summed E-state index contributed by atoms with van der Waals surface area (Å²) in [6.45, 7) is 0. The minimum absolute atomic E-state index is 0.559. The number of benzene rings is 1. The van der Waals surface area contributed by atoms with Crippen LogP contribution in [-0.2, 0) is 6.42 Å². The van der Waals surface area contributed by atoms with Gasteiger partial charge < -0.3 is 5.43 Å². The Hall–Kier alpha value is -1.46. The van der Waals surface area contributed by atoms with E-state index in [9.17, 15) is 0 Å². The van der Waals surface area contributed by atoms with E-state index in [-0.39, 0.29) is 0 Å². The van der Waals surface area contributed by atoms with E-state index in [2.05, 4.69) is 38.5 Å². The Morgan fingerprint density at radius 1 is 1.14 bits per heavy atom. The van der Waals surface area contributed by atoms with Crippen LogP contribution in [0, 0.1) is 0 Å². The van der Waals surface area contributed by atoms with Crippen LogP contribution in [-0.4, -0.2) is 9.97 Å². The second-order valence-electron chi connectivity index (χ2n) is 5.52. The fourth-order valence-corrected chi connectivity index (χ4v) is 3.15. The first-order chi connectivity index (χ1) is 10.2. The average molecular weight is 347 g/mol. The topological polar surface area (TPSA) is 63.8 Å². The predicted molar refractivity (Wildman–Crippen MR) is 88.0 cm³/mol. The molecule has 0 amide bonds. The van der Waals surface area contributed by atoms with Crippen molar-refractivity contribution in [2.45, 2.75) is 38.0 Å². The number of aromatic nitrogens is 2. The molecule has 3 N–H and O–H groups in total. The Labute approximate surface area is 133 Å². The summed E-state index contributed by atoms with van der Waals surface area (Å²) in [6, 6.07) is 10.2. The SMILES string of the molecule is NNc1cc(C2CCCC2)nc(Cc2ccc(Br)cc2)n1. The first-order valence-corrected chi connectivity index (χ1v) is 8.13. The third-order valence-corrected chi connectivity index (χ3v) is 4.52. The van der Waals surface area contributed by atoms with E-state index >= 15 is 0 Å². The molecule has 1 aromatic heterocycles. The van der Waals surface area contributed by atoms with Crippen molar-refractivity contribution in [3.05, 3.63) is 51.9 Å². The van der Waals surface area contributed by atoms with Gasteiger partial charge in [-0.3, -0.25) is 0 Å². The highest BCUT2D eigenvalue weighted by atomic mass is 79.9. The van der Waals surface area contributed by atoms with Gasteiger partial charge in [-0.25, -0.2) is 15.8 Å². The fourth-order valence-electron chi connectivity index (χ4n) is 2.89. The van der Waals surface area contributed by atoms with Gasteiger partial charge in [0, 0.05) is 28.6 Å². The number of nitrogens with two attached hydrogens (primary N) is 1. The third kappa shape index (κ3) is 3.60. The molecule has 1 saturated carbocycles. The summed E-state index contributed by atoms with van der Waals surface area (Å²) in [5, 5.41) is 0. The summed E-state index contributed by atoms with van der Waals surface area (Å²) < 4.78 is 1.08. The maximum Gasteiger partial charge on any atom is 0.143 e. The van der Waals surface area contributed by atoms with Gasteiger partial charge in [-0.05, 0) is 30.5 Å². The van der Waals surface area contributed by atoms with Gasteiger partial charge in [0.25, 0.3) is 0 Å². The molecule has 1 fully saturated rings. The smallest absolute Gasteiger partial charge is 0.143 e. The second kappa shape index (κ2) is 6.54. The first kappa shape index (κ1) is 14.5. The Kier molecular flexibility index (Phi) is 4.51. The number of nitrogens with zero attached hydrogens (tertiary/aromatic N) is 2. The second-order valence-corrected chi connectivity index (χ2v) is 6.44. The largest absolute Gasteiger partial charge is 0.308 e. The molecule has 110 valence electrons. The van der Waals surface area contributed by atoms with Crippen LogP contribution in [0.5, 0.6) is 0 Å². The number of hydrogen-bond donors (Lipinski definition) is 2. The molecule has 3 rings (SSSR count). The van der Waals surface area contributed by atoms with Gasteiger partial charge in [0.15, 0.2) is 0 Å².